The molecule has 0 saturated carbocycles. The fourth-order valence-electron chi connectivity index (χ4n) is 2.00. The number of hydrogen-bond acceptors (Lipinski definition) is 3. The summed E-state index contributed by atoms with van der Waals surface area (Å²) in [6, 6.07) is 16.5. The Balaban J connectivity index is 1.94. The summed E-state index contributed by atoms with van der Waals surface area (Å²) in [5.41, 5.74) is 0. The highest BCUT2D eigenvalue weighted by Gasteiger charge is 2.05. The topological polar surface area (TPSA) is 25.8 Å². The van der Waals surface area contributed by atoms with Crippen LogP contribution in [-0.2, 0) is 6.42 Å². The van der Waals surface area contributed by atoms with Gasteiger partial charge in [-0.1, -0.05) is 60.6 Å². The Morgan fingerprint density at radius 2 is 1.80 bits per heavy atom. The van der Waals surface area contributed by atoms with Gasteiger partial charge in [-0.3, -0.25) is 0 Å². The molecule has 0 unspecified atom stereocenters. The summed E-state index contributed by atoms with van der Waals surface area (Å²) in [6.45, 7) is 2.02. The summed E-state index contributed by atoms with van der Waals surface area (Å²) < 4.78 is 0. The molecule has 0 N–H and O–H groups in total. The summed E-state index contributed by atoms with van der Waals surface area (Å²) in [4.78, 5) is 9.83. The number of aromatic nitrogens is 2. The van der Waals surface area contributed by atoms with E-state index in [-0.39, 0.29) is 0 Å². The van der Waals surface area contributed by atoms with Crippen LogP contribution in [0.3, 0.4) is 0 Å². The molecule has 20 heavy (non-hydrogen) atoms. The largest absolute Gasteiger partial charge is 0.226 e. The van der Waals surface area contributed by atoms with Crippen LogP contribution in [0.15, 0.2) is 58.5 Å². The molecule has 0 amide bonds. The maximum Gasteiger partial charge on any atom is 0.133 e. The lowest BCUT2D eigenvalue weighted by Gasteiger charge is -2.05. The van der Waals surface area contributed by atoms with E-state index in [2.05, 4.69) is 40.3 Å². The number of rotatable bonds is 3. The first kappa shape index (κ1) is 13.4. The second kappa shape index (κ2) is 5.81. The molecule has 1 heterocycles. The molecule has 0 bridgehead atoms. The highest BCUT2D eigenvalue weighted by atomic mass is 35.5. The van der Waals surface area contributed by atoms with Gasteiger partial charge in [0.15, 0.2) is 0 Å². The van der Waals surface area contributed by atoms with E-state index in [1.54, 1.807) is 17.8 Å². The second-order valence-corrected chi connectivity index (χ2v) is 5.89. The van der Waals surface area contributed by atoms with E-state index in [0.29, 0.717) is 5.15 Å². The van der Waals surface area contributed by atoms with Crippen molar-refractivity contribution in [2.45, 2.75) is 23.3 Å². The second-order valence-electron chi connectivity index (χ2n) is 4.41. The van der Waals surface area contributed by atoms with Gasteiger partial charge in [0.05, 0.1) is 0 Å². The van der Waals surface area contributed by atoms with Gasteiger partial charge in [-0.05, 0) is 22.9 Å². The van der Waals surface area contributed by atoms with Gasteiger partial charge < -0.3 is 0 Å². The average molecular weight is 301 g/mol. The van der Waals surface area contributed by atoms with Gasteiger partial charge in [0.1, 0.15) is 16.0 Å². The highest BCUT2D eigenvalue weighted by Crippen LogP contribution is 2.30. The van der Waals surface area contributed by atoms with Crippen molar-refractivity contribution >= 4 is 34.1 Å². The van der Waals surface area contributed by atoms with Crippen molar-refractivity contribution < 1.29 is 0 Å². The Kier molecular flexibility index (Phi) is 3.90. The van der Waals surface area contributed by atoms with Crippen molar-refractivity contribution in [1.82, 2.24) is 9.97 Å². The Labute approximate surface area is 127 Å². The standard InChI is InChI=1S/C16H13ClN2S/c1-2-15-18-14(17)10-16(19-15)20-13-8-7-11-5-3-4-6-12(11)9-13/h3-10H,2H2,1H3. The van der Waals surface area contributed by atoms with Crippen molar-refractivity contribution in [2.75, 3.05) is 0 Å². The Hall–Kier alpha value is -1.58. The van der Waals surface area contributed by atoms with Crippen LogP contribution in [0.2, 0.25) is 5.15 Å². The minimum atomic E-state index is 0.500. The summed E-state index contributed by atoms with van der Waals surface area (Å²) in [6.07, 6.45) is 0.784. The van der Waals surface area contributed by atoms with Crippen molar-refractivity contribution in [3.8, 4) is 0 Å². The molecule has 0 aliphatic rings. The van der Waals surface area contributed by atoms with Gasteiger partial charge >= 0.3 is 0 Å². The Morgan fingerprint density at radius 1 is 1.00 bits per heavy atom. The van der Waals surface area contributed by atoms with Crippen LogP contribution in [0.25, 0.3) is 10.8 Å². The van der Waals surface area contributed by atoms with Gasteiger partial charge in [-0.2, -0.15) is 0 Å². The fourth-order valence-corrected chi connectivity index (χ4v) is 3.15. The summed E-state index contributed by atoms with van der Waals surface area (Å²) >= 11 is 7.64. The predicted octanol–water partition coefficient (Wildman–Crippen LogP) is 5.00. The van der Waals surface area contributed by atoms with E-state index in [1.165, 1.54) is 10.8 Å². The van der Waals surface area contributed by atoms with Crippen LogP contribution < -0.4 is 0 Å². The van der Waals surface area contributed by atoms with Crippen molar-refractivity contribution in [1.29, 1.82) is 0 Å². The molecule has 1 aromatic heterocycles. The lowest BCUT2D eigenvalue weighted by Crippen LogP contribution is -1.94. The molecular formula is C16H13ClN2S. The molecule has 0 fully saturated rings. The fraction of sp³-hybridized carbons (Fsp3) is 0.125. The number of nitrogens with zero attached hydrogens (tertiary/aromatic N) is 2. The summed E-state index contributed by atoms with van der Waals surface area (Å²) in [7, 11) is 0. The van der Waals surface area contributed by atoms with Crippen molar-refractivity contribution in [3.63, 3.8) is 0 Å². The molecule has 0 radical (unpaired) electrons. The van der Waals surface area contributed by atoms with Crippen molar-refractivity contribution in [2.24, 2.45) is 0 Å². The molecule has 0 spiro atoms. The first-order chi connectivity index (χ1) is 9.74. The molecule has 0 aliphatic heterocycles. The average Bonchev–Trinajstić information content (AvgIpc) is 2.46. The third-order valence-electron chi connectivity index (χ3n) is 2.98. The van der Waals surface area contributed by atoms with E-state index < -0.39 is 0 Å². The molecule has 2 nitrogen and oxygen atoms in total. The molecule has 4 heteroatoms. The van der Waals surface area contributed by atoms with Crippen LogP contribution in [-0.4, -0.2) is 9.97 Å². The third-order valence-corrected chi connectivity index (χ3v) is 4.08. The number of aryl methyl sites for hydroxylation is 1. The Bertz CT molecular complexity index is 758. The zero-order valence-electron chi connectivity index (χ0n) is 11.0. The lowest BCUT2D eigenvalue weighted by atomic mass is 10.1. The zero-order valence-corrected chi connectivity index (χ0v) is 12.6. The number of fused-ring (bicyclic) bond motifs is 1. The minimum Gasteiger partial charge on any atom is -0.226 e. The van der Waals surface area contributed by atoms with Crippen LogP contribution in [0.1, 0.15) is 12.7 Å². The molecule has 100 valence electrons. The quantitative estimate of drug-likeness (QED) is 0.637. The van der Waals surface area contributed by atoms with E-state index in [0.717, 1.165) is 22.2 Å². The predicted molar refractivity (Wildman–Crippen MR) is 84.5 cm³/mol. The van der Waals surface area contributed by atoms with E-state index >= 15 is 0 Å². The van der Waals surface area contributed by atoms with Crippen molar-refractivity contribution in [3.05, 3.63) is 59.5 Å². The lowest BCUT2D eigenvalue weighted by molar-refractivity contribution is 0.889. The van der Waals surface area contributed by atoms with Crippen LogP contribution >= 0.6 is 23.4 Å². The third kappa shape index (κ3) is 2.94. The van der Waals surface area contributed by atoms with Gasteiger partial charge in [-0.25, -0.2) is 9.97 Å². The van der Waals surface area contributed by atoms with Crippen LogP contribution in [0.4, 0.5) is 0 Å². The molecule has 2 aromatic carbocycles. The van der Waals surface area contributed by atoms with E-state index in [4.69, 9.17) is 11.6 Å². The zero-order chi connectivity index (χ0) is 13.9. The normalized spacial score (nSPS) is 10.9. The maximum atomic E-state index is 6.03. The van der Waals surface area contributed by atoms with Gasteiger partial charge in [0.2, 0.25) is 0 Å². The number of hydrogen-bond donors (Lipinski definition) is 0. The van der Waals surface area contributed by atoms with Gasteiger partial charge in [0.25, 0.3) is 0 Å². The summed E-state index contributed by atoms with van der Waals surface area (Å²) in [5, 5.41) is 3.86. The molecule has 0 atom stereocenters. The van der Waals surface area contributed by atoms with E-state index in [1.807, 2.05) is 19.1 Å². The summed E-state index contributed by atoms with van der Waals surface area (Å²) in [5.74, 6) is 0.779. The first-order valence-corrected chi connectivity index (χ1v) is 7.64. The van der Waals surface area contributed by atoms with Crippen LogP contribution in [0, 0.1) is 0 Å². The van der Waals surface area contributed by atoms with E-state index in [9.17, 15) is 0 Å². The van der Waals surface area contributed by atoms with Gasteiger partial charge in [0, 0.05) is 17.4 Å². The number of benzene rings is 2. The number of halogens is 1. The first-order valence-electron chi connectivity index (χ1n) is 6.45. The molecular weight excluding hydrogens is 288 g/mol. The molecule has 3 rings (SSSR count). The maximum absolute atomic E-state index is 6.03. The van der Waals surface area contributed by atoms with Crippen LogP contribution in [0.5, 0.6) is 0 Å². The Morgan fingerprint density at radius 3 is 2.60 bits per heavy atom. The van der Waals surface area contributed by atoms with Gasteiger partial charge in [-0.15, -0.1) is 0 Å². The monoisotopic (exact) mass is 300 g/mol. The SMILES string of the molecule is CCc1nc(Cl)cc(Sc2ccc3ccccc3c2)n1. The highest BCUT2D eigenvalue weighted by molar-refractivity contribution is 7.99. The smallest absolute Gasteiger partial charge is 0.133 e. The molecule has 0 aliphatic carbocycles. The molecule has 3 aromatic rings. The molecule has 0 saturated heterocycles. The minimum absolute atomic E-state index is 0.500.